The van der Waals surface area contributed by atoms with E-state index in [1.54, 1.807) is 0 Å². The standard InChI is InChI=1S/C21H23N3O2/c1-15(2)26-18-10-8-16(9-11-18)19-12-21(24-14-23-19)22-13-20(25)17-6-4-3-5-7-17/h3-12,14-15,20,25H,13H2,1-2H3,(H,22,23,24). The van der Waals surface area contributed by atoms with E-state index in [-0.39, 0.29) is 6.10 Å². The molecule has 0 bridgehead atoms. The molecule has 0 amide bonds. The number of aromatic nitrogens is 2. The first-order valence-electron chi connectivity index (χ1n) is 8.68. The number of hydrogen-bond acceptors (Lipinski definition) is 5. The lowest BCUT2D eigenvalue weighted by Crippen LogP contribution is -2.13. The number of aliphatic hydroxyl groups excluding tert-OH is 1. The van der Waals surface area contributed by atoms with Crippen molar-refractivity contribution < 1.29 is 9.84 Å². The number of nitrogens with one attached hydrogen (secondary N) is 1. The summed E-state index contributed by atoms with van der Waals surface area (Å²) in [6.07, 6.45) is 1.07. The van der Waals surface area contributed by atoms with Gasteiger partial charge in [0.05, 0.1) is 17.9 Å². The molecule has 0 saturated carbocycles. The van der Waals surface area contributed by atoms with Crippen molar-refractivity contribution in [1.82, 2.24) is 9.97 Å². The van der Waals surface area contributed by atoms with Crippen LogP contribution in [0.5, 0.6) is 5.75 Å². The minimum atomic E-state index is -0.595. The minimum absolute atomic E-state index is 0.145. The maximum Gasteiger partial charge on any atom is 0.130 e. The van der Waals surface area contributed by atoms with Gasteiger partial charge in [-0.3, -0.25) is 0 Å². The van der Waals surface area contributed by atoms with Crippen LogP contribution in [-0.2, 0) is 0 Å². The summed E-state index contributed by atoms with van der Waals surface area (Å²) in [5.41, 5.74) is 2.66. The Bertz CT molecular complexity index is 820. The highest BCUT2D eigenvalue weighted by molar-refractivity contribution is 5.62. The van der Waals surface area contributed by atoms with E-state index >= 15 is 0 Å². The summed E-state index contributed by atoms with van der Waals surface area (Å²) in [5.74, 6) is 1.51. The van der Waals surface area contributed by atoms with Gasteiger partial charge in [-0.15, -0.1) is 0 Å². The van der Waals surface area contributed by atoms with Crippen LogP contribution < -0.4 is 10.1 Å². The Hall–Kier alpha value is -2.92. The number of hydrogen-bond donors (Lipinski definition) is 2. The average Bonchev–Trinajstić information content (AvgIpc) is 2.67. The molecule has 1 heterocycles. The predicted molar refractivity (Wildman–Crippen MR) is 103 cm³/mol. The molecular weight excluding hydrogens is 326 g/mol. The Kier molecular flexibility index (Phi) is 5.81. The lowest BCUT2D eigenvalue weighted by molar-refractivity contribution is 0.191. The summed E-state index contributed by atoms with van der Waals surface area (Å²) in [7, 11) is 0. The van der Waals surface area contributed by atoms with Crippen molar-refractivity contribution in [3.63, 3.8) is 0 Å². The molecule has 0 aliphatic heterocycles. The zero-order chi connectivity index (χ0) is 18.4. The van der Waals surface area contributed by atoms with Crippen molar-refractivity contribution in [2.24, 2.45) is 0 Å². The molecule has 1 aromatic heterocycles. The van der Waals surface area contributed by atoms with Crippen LogP contribution in [-0.4, -0.2) is 27.7 Å². The second-order valence-electron chi connectivity index (χ2n) is 6.29. The summed E-state index contributed by atoms with van der Waals surface area (Å²) >= 11 is 0. The first-order valence-corrected chi connectivity index (χ1v) is 8.68. The molecule has 0 aliphatic carbocycles. The van der Waals surface area contributed by atoms with Crippen molar-refractivity contribution in [2.75, 3.05) is 11.9 Å². The smallest absolute Gasteiger partial charge is 0.130 e. The van der Waals surface area contributed by atoms with E-state index < -0.39 is 6.10 Å². The third-order valence-electron chi connectivity index (χ3n) is 3.85. The number of nitrogens with zero attached hydrogens (tertiary/aromatic N) is 2. The van der Waals surface area contributed by atoms with E-state index in [9.17, 15) is 5.11 Å². The lowest BCUT2D eigenvalue weighted by Gasteiger charge is -2.13. The molecule has 1 atom stereocenters. The summed E-state index contributed by atoms with van der Waals surface area (Å²) in [4.78, 5) is 8.56. The predicted octanol–water partition coefficient (Wildman–Crippen LogP) is 4.08. The maximum absolute atomic E-state index is 10.3. The topological polar surface area (TPSA) is 67.3 Å². The summed E-state index contributed by atoms with van der Waals surface area (Å²) in [6.45, 7) is 4.38. The molecule has 0 aliphatic rings. The molecule has 1 unspecified atom stereocenters. The minimum Gasteiger partial charge on any atom is -0.491 e. The number of rotatable bonds is 7. The highest BCUT2D eigenvalue weighted by Gasteiger charge is 2.08. The number of ether oxygens (including phenoxy) is 1. The average molecular weight is 349 g/mol. The highest BCUT2D eigenvalue weighted by atomic mass is 16.5. The molecule has 134 valence electrons. The Morgan fingerprint density at radius 3 is 2.42 bits per heavy atom. The van der Waals surface area contributed by atoms with E-state index in [0.717, 1.165) is 22.6 Å². The number of anilines is 1. The molecule has 2 aromatic carbocycles. The number of benzene rings is 2. The van der Waals surface area contributed by atoms with Crippen LogP contribution in [0.2, 0.25) is 0 Å². The molecule has 0 fully saturated rings. The highest BCUT2D eigenvalue weighted by Crippen LogP contribution is 2.23. The molecule has 5 heteroatoms. The third-order valence-corrected chi connectivity index (χ3v) is 3.85. The molecular formula is C21H23N3O2. The molecule has 3 rings (SSSR count). The van der Waals surface area contributed by atoms with Crippen LogP contribution in [0, 0.1) is 0 Å². The van der Waals surface area contributed by atoms with Crippen molar-refractivity contribution in [3.05, 3.63) is 72.6 Å². The zero-order valence-corrected chi connectivity index (χ0v) is 15.0. The van der Waals surface area contributed by atoms with E-state index in [2.05, 4.69) is 15.3 Å². The van der Waals surface area contributed by atoms with E-state index in [4.69, 9.17) is 4.74 Å². The van der Waals surface area contributed by atoms with Crippen LogP contribution in [0.3, 0.4) is 0 Å². The molecule has 0 spiro atoms. The molecule has 0 saturated heterocycles. The summed E-state index contributed by atoms with van der Waals surface area (Å²) in [6, 6.07) is 19.2. The Morgan fingerprint density at radius 2 is 1.73 bits per heavy atom. The summed E-state index contributed by atoms with van der Waals surface area (Å²) in [5, 5.41) is 13.4. The fraction of sp³-hybridized carbons (Fsp3) is 0.238. The van der Waals surface area contributed by atoms with Gasteiger partial charge in [0.2, 0.25) is 0 Å². The van der Waals surface area contributed by atoms with Gasteiger partial charge in [-0.05, 0) is 43.7 Å². The number of aliphatic hydroxyl groups is 1. The molecule has 0 radical (unpaired) electrons. The first-order chi connectivity index (χ1) is 12.6. The zero-order valence-electron chi connectivity index (χ0n) is 15.0. The van der Waals surface area contributed by atoms with Crippen LogP contribution in [0.15, 0.2) is 67.0 Å². The fourth-order valence-corrected chi connectivity index (χ4v) is 2.58. The van der Waals surface area contributed by atoms with E-state index in [1.165, 1.54) is 6.33 Å². The van der Waals surface area contributed by atoms with Crippen molar-refractivity contribution in [1.29, 1.82) is 0 Å². The van der Waals surface area contributed by atoms with Gasteiger partial charge >= 0.3 is 0 Å². The van der Waals surface area contributed by atoms with Gasteiger partial charge in [-0.25, -0.2) is 9.97 Å². The SMILES string of the molecule is CC(C)Oc1ccc(-c2cc(NCC(O)c3ccccc3)ncn2)cc1. The van der Waals surface area contributed by atoms with Gasteiger partial charge in [0, 0.05) is 18.2 Å². The van der Waals surface area contributed by atoms with Gasteiger partial charge in [0.25, 0.3) is 0 Å². The molecule has 5 nitrogen and oxygen atoms in total. The van der Waals surface area contributed by atoms with Gasteiger partial charge in [0.1, 0.15) is 17.9 Å². The maximum atomic E-state index is 10.3. The van der Waals surface area contributed by atoms with Crippen molar-refractivity contribution >= 4 is 5.82 Å². The van der Waals surface area contributed by atoms with Crippen LogP contribution in [0.1, 0.15) is 25.5 Å². The van der Waals surface area contributed by atoms with Crippen LogP contribution in [0.4, 0.5) is 5.82 Å². The van der Waals surface area contributed by atoms with E-state index in [1.807, 2.05) is 74.5 Å². The first kappa shape index (κ1) is 17.9. The Morgan fingerprint density at radius 1 is 1.00 bits per heavy atom. The van der Waals surface area contributed by atoms with Gasteiger partial charge in [-0.1, -0.05) is 30.3 Å². The van der Waals surface area contributed by atoms with Gasteiger partial charge in [0.15, 0.2) is 0 Å². The molecule has 2 N–H and O–H groups in total. The van der Waals surface area contributed by atoms with Crippen LogP contribution >= 0.6 is 0 Å². The quantitative estimate of drug-likeness (QED) is 0.673. The fourth-order valence-electron chi connectivity index (χ4n) is 2.58. The summed E-state index contributed by atoms with van der Waals surface area (Å²) < 4.78 is 5.66. The second kappa shape index (κ2) is 8.45. The van der Waals surface area contributed by atoms with Crippen LogP contribution in [0.25, 0.3) is 11.3 Å². The normalized spacial score (nSPS) is 12.0. The lowest BCUT2D eigenvalue weighted by atomic mass is 10.1. The monoisotopic (exact) mass is 349 g/mol. The van der Waals surface area contributed by atoms with Crippen molar-refractivity contribution in [2.45, 2.75) is 26.1 Å². The molecule has 26 heavy (non-hydrogen) atoms. The molecule has 3 aromatic rings. The van der Waals surface area contributed by atoms with Gasteiger partial charge in [-0.2, -0.15) is 0 Å². The Labute approximate surface area is 153 Å². The van der Waals surface area contributed by atoms with Crippen molar-refractivity contribution in [3.8, 4) is 17.0 Å². The van der Waals surface area contributed by atoms with Gasteiger partial charge < -0.3 is 15.2 Å². The Balaban J connectivity index is 1.66. The van der Waals surface area contributed by atoms with E-state index in [0.29, 0.717) is 12.4 Å². The third kappa shape index (κ3) is 4.80. The second-order valence-corrected chi connectivity index (χ2v) is 6.29. The largest absolute Gasteiger partial charge is 0.491 e.